The van der Waals surface area contributed by atoms with Gasteiger partial charge in [0.1, 0.15) is 0 Å². The quantitative estimate of drug-likeness (QED) is 0.787. The lowest BCUT2D eigenvalue weighted by atomic mass is 10.1. The average Bonchev–Trinajstić information content (AvgIpc) is 2.76. The van der Waals surface area contributed by atoms with Crippen molar-refractivity contribution >= 4 is 11.6 Å². The summed E-state index contributed by atoms with van der Waals surface area (Å²) in [7, 11) is 0. The highest BCUT2D eigenvalue weighted by Gasteiger charge is 2.20. The molecule has 5 heteroatoms. The van der Waals surface area contributed by atoms with Crippen LogP contribution in [-0.4, -0.2) is 41.0 Å². The molecule has 0 aliphatic carbocycles. The Morgan fingerprint density at radius 1 is 1.50 bits per heavy atom. The summed E-state index contributed by atoms with van der Waals surface area (Å²) < 4.78 is 0. The van der Waals surface area contributed by atoms with E-state index in [1.54, 1.807) is 12.4 Å². The molecule has 1 aromatic heterocycles. The highest BCUT2D eigenvalue weighted by Crippen LogP contribution is 2.17. The fourth-order valence-corrected chi connectivity index (χ4v) is 2.09. The maximum Gasteiger partial charge on any atom is 0.168 e. The second-order valence-corrected chi connectivity index (χ2v) is 4.22. The molecule has 1 aliphatic heterocycles. The van der Waals surface area contributed by atoms with Crippen LogP contribution >= 0.6 is 0 Å². The standard InChI is InChI=1S/C11H19N5/c1-2-16-6-3-9(8-16)7-15-11-10(12)13-4-5-14-11/h4-5,9H,2-3,6-8H2,1H3,(H2,12,13)(H,14,15). The van der Waals surface area contributed by atoms with Crippen LogP contribution in [0, 0.1) is 5.92 Å². The summed E-state index contributed by atoms with van der Waals surface area (Å²) in [6.07, 6.45) is 4.52. The van der Waals surface area contributed by atoms with Crippen LogP contribution in [0.1, 0.15) is 13.3 Å². The maximum absolute atomic E-state index is 5.71. The van der Waals surface area contributed by atoms with Gasteiger partial charge in [0.05, 0.1) is 0 Å². The van der Waals surface area contributed by atoms with Gasteiger partial charge in [-0.25, -0.2) is 9.97 Å². The third kappa shape index (κ3) is 2.61. The monoisotopic (exact) mass is 221 g/mol. The van der Waals surface area contributed by atoms with Crippen LogP contribution in [0.2, 0.25) is 0 Å². The highest BCUT2D eigenvalue weighted by atomic mass is 15.1. The lowest BCUT2D eigenvalue weighted by molar-refractivity contribution is 0.345. The molecule has 1 unspecified atom stereocenters. The van der Waals surface area contributed by atoms with Crippen LogP contribution in [0.5, 0.6) is 0 Å². The number of nitrogens with zero attached hydrogens (tertiary/aromatic N) is 3. The van der Waals surface area contributed by atoms with Gasteiger partial charge in [-0.05, 0) is 25.4 Å². The summed E-state index contributed by atoms with van der Waals surface area (Å²) in [6, 6.07) is 0. The fourth-order valence-electron chi connectivity index (χ4n) is 2.09. The van der Waals surface area contributed by atoms with Gasteiger partial charge in [-0.1, -0.05) is 6.92 Å². The van der Waals surface area contributed by atoms with E-state index in [9.17, 15) is 0 Å². The third-order valence-corrected chi connectivity index (χ3v) is 3.10. The summed E-state index contributed by atoms with van der Waals surface area (Å²) in [5.41, 5.74) is 5.71. The first kappa shape index (κ1) is 11.1. The molecule has 88 valence electrons. The second-order valence-electron chi connectivity index (χ2n) is 4.22. The van der Waals surface area contributed by atoms with Crippen molar-refractivity contribution < 1.29 is 0 Å². The predicted octanol–water partition coefficient (Wildman–Crippen LogP) is 0.812. The Morgan fingerprint density at radius 2 is 2.31 bits per heavy atom. The minimum atomic E-state index is 0.479. The summed E-state index contributed by atoms with van der Waals surface area (Å²) in [6.45, 7) is 6.65. The first-order valence-electron chi connectivity index (χ1n) is 5.82. The molecule has 1 atom stereocenters. The summed E-state index contributed by atoms with van der Waals surface area (Å²) in [5, 5.41) is 3.27. The first-order valence-corrected chi connectivity index (χ1v) is 5.82. The van der Waals surface area contributed by atoms with Gasteiger partial charge >= 0.3 is 0 Å². The van der Waals surface area contributed by atoms with Gasteiger partial charge in [0.25, 0.3) is 0 Å². The van der Waals surface area contributed by atoms with Crippen molar-refractivity contribution in [2.45, 2.75) is 13.3 Å². The molecular formula is C11H19N5. The van der Waals surface area contributed by atoms with E-state index in [0.717, 1.165) is 13.1 Å². The molecule has 0 saturated carbocycles. The van der Waals surface area contributed by atoms with Crippen LogP contribution < -0.4 is 11.1 Å². The number of nitrogen functional groups attached to an aromatic ring is 1. The van der Waals surface area contributed by atoms with Crippen LogP contribution in [0.25, 0.3) is 0 Å². The van der Waals surface area contributed by atoms with Gasteiger partial charge < -0.3 is 16.0 Å². The van der Waals surface area contributed by atoms with E-state index in [2.05, 4.69) is 27.1 Å². The number of nitrogens with one attached hydrogen (secondary N) is 1. The Balaban J connectivity index is 1.82. The molecule has 1 saturated heterocycles. The van der Waals surface area contributed by atoms with Gasteiger partial charge in [-0.3, -0.25) is 0 Å². The van der Waals surface area contributed by atoms with Crippen molar-refractivity contribution in [1.29, 1.82) is 0 Å². The molecule has 16 heavy (non-hydrogen) atoms. The Morgan fingerprint density at radius 3 is 3.00 bits per heavy atom. The number of anilines is 2. The van der Waals surface area contributed by atoms with Gasteiger partial charge in [-0.2, -0.15) is 0 Å². The molecule has 2 heterocycles. The topological polar surface area (TPSA) is 67.1 Å². The third-order valence-electron chi connectivity index (χ3n) is 3.10. The van der Waals surface area contributed by atoms with Crippen molar-refractivity contribution in [3.05, 3.63) is 12.4 Å². The molecule has 1 aromatic rings. The molecule has 0 amide bonds. The SMILES string of the molecule is CCN1CCC(CNc2nccnc2N)C1. The van der Waals surface area contributed by atoms with Gasteiger partial charge in [0.15, 0.2) is 11.6 Å². The molecular weight excluding hydrogens is 202 g/mol. The predicted molar refractivity (Wildman–Crippen MR) is 65.2 cm³/mol. The van der Waals surface area contributed by atoms with Crippen molar-refractivity contribution in [2.75, 3.05) is 37.2 Å². The van der Waals surface area contributed by atoms with E-state index < -0.39 is 0 Å². The van der Waals surface area contributed by atoms with Gasteiger partial charge in [0, 0.05) is 25.5 Å². The van der Waals surface area contributed by atoms with Crippen LogP contribution in [-0.2, 0) is 0 Å². The normalized spacial score (nSPS) is 21.2. The fraction of sp³-hybridized carbons (Fsp3) is 0.636. The second kappa shape index (κ2) is 5.12. The molecule has 2 rings (SSSR count). The summed E-state index contributed by atoms with van der Waals surface area (Å²) >= 11 is 0. The van der Waals surface area contributed by atoms with Crippen molar-refractivity contribution in [3.63, 3.8) is 0 Å². The lowest BCUT2D eigenvalue weighted by Gasteiger charge is -2.14. The zero-order valence-corrected chi connectivity index (χ0v) is 9.69. The molecule has 0 bridgehead atoms. The summed E-state index contributed by atoms with van der Waals surface area (Å²) in [5.74, 6) is 1.88. The Labute approximate surface area is 96.1 Å². The van der Waals surface area contributed by atoms with E-state index in [1.807, 2.05) is 0 Å². The molecule has 0 radical (unpaired) electrons. The molecule has 1 aliphatic rings. The molecule has 5 nitrogen and oxygen atoms in total. The van der Waals surface area contributed by atoms with Crippen molar-refractivity contribution in [1.82, 2.24) is 14.9 Å². The number of hydrogen-bond acceptors (Lipinski definition) is 5. The van der Waals surface area contributed by atoms with Crippen LogP contribution in [0.15, 0.2) is 12.4 Å². The van der Waals surface area contributed by atoms with Crippen LogP contribution in [0.3, 0.4) is 0 Å². The zero-order chi connectivity index (χ0) is 11.4. The van der Waals surface area contributed by atoms with E-state index in [1.165, 1.54) is 19.5 Å². The Hall–Kier alpha value is -1.36. The van der Waals surface area contributed by atoms with E-state index in [4.69, 9.17) is 5.73 Å². The Bertz CT molecular complexity index is 341. The Kier molecular flexibility index (Phi) is 3.56. The number of rotatable bonds is 4. The largest absolute Gasteiger partial charge is 0.381 e. The lowest BCUT2D eigenvalue weighted by Crippen LogP contribution is -2.22. The number of nitrogens with two attached hydrogens (primary N) is 1. The zero-order valence-electron chi connectivity index (χ0n) is 9.69. The molecule has 0 spiro atoms. The highest BCUT2D eigenvalue weighted by molar-refractivity contribution is 5.54. The minimum Gasteiger partial charge on any atom is -0.381 e. The van der Waals surface area contributed by atoms with E-state index >= 15 is 0 Å². The van der Waals surface area contributed by atoms with Crippen molar-refractivity contribution in [3.8, 4) is 0 Å². The molecule has 0 aromatic carbocycles. The average molecular weight is 221 g/mol. The smallest absolute Gasteiger partial charge is 0.168 e. The molecule has 1 fully saturated rings. The summed E-state index contributed by atoms with van der Waals surface area (Å²) in [4.78, 5) is 10.6. The number of aromatic nitrogens is 2. The van der Waals surface area contributed by atoms with E-state index in [0.29, 0.717) is 17.6 Å². The number of likely N-dealkylation sites (tertiary alicyclic amines) is 1. The van der Waals surface area contributed by atoms with E-state index in [-0.39, 0.29) is 0 Å². The van der Waals surface area contributed by atoms with Crippen LogP contribution in [0.4, 0.5) is 11.6 Å². The maximum atomic E-state index is 5.71. The minimum absolute atomic E-state index is 0.479. The van der Waals surface area contributed by atoms with Crippen molar-refractivity contribution in [2.24, 2.45) is 5.92 Å². The first-order chi connectivity index (χ1) is 7.79. The van der Waals surface area contributed by atoms with Gasteiger partial charge in [-0.15, -0.1) is 0 Å². The van der Waals surface area contributed by atoms with Gasteiger partial charge in [0.2, 0.25) is 0 Å². The number of hydrogen-bond donors (Lipinski definition) is 2. The molecule has 3 N–H and O–H groups in total.